The average Bonchev–Trinajstić information content (AvgIpc) is 2.88. The lowest BCUT2D eigenvalue weighted by molar-refractivity contribution is 0.0911. The Labute approximate surface area is 115 Å². The Hall–Kier alpha value is -2.75. The average molecular weight is 264 g/mol. The number of para-hydroxylation sites is 2. The maximum Gasteiger partial charge on any atom is 0.305 e. The van der Waals surface area contributed by atoms with Crippen molar-refractivity contribution in [3.63, 3.8) is 0 Å². The molecule has 20 heavy (non-hydrogen) atoms. The SMILES string of the molecule is O=C1NN(c2ccccc2)Cc2c1oc1ccccc21. The van der Waals surface area contributed by atoms with Gasteiger partial charge in [0.05, 0.1) is 12.2 Å². The van der Waals surface area contributed by atoms with Gasteiger partial charge in [-0.2, -0.15) is 0 Å². The molecule has 1 aromatic heterocycles. The molecule has 0 unspecified atom stereocenters. The summed E-state index contributed by atoms with van der Waals surface area (Å²) in [5.74, 6) is 0.213. The number of hydrazine groups is 1. The van der Waals surface area contributed by atoms with E-state index in [0.29, 0.717) is 12.3 Å². The summed E-state index contributed by atoms with van der Waals surface area (Å²) in [5, 5.41) is 2.84. The maximum absolute atomic E-state index is 12.2. The minimum atomic E-state index is -0.202. The number of carbonyl (C=O) groups excluding carboxylic acids is 1. The van der Waals surface area contributed by atoms with Gasteiger partial charge in [0.2, 0.25) is 0 Å². The predicted molar refractivity (Wildman–Crippen MR) is 76.3 cm³/mol. The smallest absolute Gasteiger partial charge is 0.305 e. The molecular formula is C16H12N2O2. The number of amides is 1. The molecule has 0 bridgehead atoms. The Morgan fingerprint density at radius 2 is 1.75 bits per heavy atom. The third-order valence-corrected chi connectivity index (χ3v) is 3.53. The van der Waals surface area contributed by atoms with E-state index in [0.717, 1.165) is 22.2 Å². The summed E-state index contributed by atoms with van der Waals surface area (Å²) in [6.45, 7) is 0.599. The van der Waals surface area contributed by atoms with Crippen LogP contribution in [0.25, 0.3) is 11.0 Å². The molecule has 2 heterocycles. The number of benzene rings is 2. The predicted octanol–water partition coefficient (Wildman–Crippen LogP) is 3.10. The van der Waals surface area contributed by atoms with Crippen molar-refractivity contribution >= 4 is 22.6 Å². The van der Waals surface area contributed by atoms with Crippen LogP contribution in [0.15, 0.2) is 59.0 Å². The quantitative estimate of drug-likeness (QED) is 0.734. The van der Waals surface area contributed by atoms with Crippen LogP contribution >= 0.6 is 0 Å². The molecule has 0 fully saturated rings. The van der Waals surface area contributed by atoms with Gasteiger partial charge in [0.1, 0.15) is 5.58 Å². The highest BCUT2D eigenvalue weighted by Crippen LogP contribution is 2.30. The highest BCUT2D eigenvalue weighted by molar-refractivity contribution is 6.01. The van der Waals surface area contributed by atoms with Crippen LogP contribution < -0.4 is 10.4 Å². The second-order valence-electron chi connectivity index (χ2n) is 4.77. The Morgan fingerprint density at radius 1 is 1.00 bits per heavy atom. The van der Waals surface area contributed by atoms with Crippen molar-refractivity contribution in [3.05, 3.63) is 65.9 Å². The first-order valence-electron chi connectivity index (χ1n) is 6.47. The lowest BCUT2D eigenvalue weighted by atomic mass is 10.1. The molecule has 0 saturated heterocycles. The van der Waals surface area contributed by atoms with Crippen molar-refractivity contribution in [1.29, 1.82) is 0 Å². The van der Waals surface area contributed by atoms with Crippen LogP contribution in [0.4, 0.5) is 5.69 Å². The van der Waals surface area contributed by atoms with Crippen LogP contribution in [0.2, 0.25) is 0 Å². The molecule has 1 aliphatic rings. The van der Waals surface area contributed by atoms with Gasteiger partial charge in [-0.05, 0) is 18.2 Å². The molecule has 1 N–H and O–H groups in total. The lowest BCUT2D eigenvalue weighted by Crippen LogP contribution is -2.45. The zero-order valence-electron chi connectivity index (χ0n) is 10.7. The molecule has 0 atom stereocenters. The summed E-state index contributed by atoms with van der Waals surface area (Å²) in [7, 11) is 0. The van der Waals surface area contributed by atoms with Gasteiger partial charge in [-0.25, -0.2) is 0 Å². The van der Waals surface area contributed by atoms with E-state index in [1.807, 2.05) is 59.6 Å². The number of fused-ring (bicyclic) bond motifs is 3. The zero-order valence-corrected chi connectivity index (χ0v) is 10.7. The molecule has 4 heteroatoms. The van der Waals surface area contributed by atoms with Crippen molar-refractivity contribution < 1.29 is 9.21 Å². The minimum Gasteiger partial charge on any atom is -0.450 e. The van der Waals surface area contributed by atoms with E-state index in [9.17, 15) is 4.79 Å². The monoisotopic (exact) mass is 264 g/mol. The first-order chi connectivity index (χ1) is 9.83. The number of hydrogen-bond donors (Lipinski definition) is 1. The molecule has 4 rings (SSSR count). The van der Waals surface area contributed by atoms with Crippen LogP contribution in [0.1, 0.15) is 16.1 Å². The van der Waals surface area contributed by atoms with Crippen LogP contribution in [-0.4, -0.2) is 5.91 Å². The van der Waals surface area contributed by atoms with Gasteiger partial charge in [0.25, 0.3) is 0 Å². The molecule has 0 aliphatic carbocycles. The van der Waals surface area contributed by atoms with E-state index < -0.39 is 0 Å². The fourth-order valence-electron chi connectivity index (χ4n) is 2.57. The highest BCUT2D eigenvalue weighted by Gasteiger charge is 2.28. The fourth-order valence-corrected chi connectivity index (χ4v) is 2.57. The van der Waals surface area contributed by atoms with Crippen molar-refractivity contribution in [2.24, 2.45) is 0 Å². The largest absolute Gasteiger partial charge is 0.450 e. The molecule has 2 aromatic carbocycles. The van der Waals surface area contributed by atoms with Gasteiger partial charge in [-0.1, -0.05) is 36.4 Å². The number of anilines is 1. The Balaban J connectivity index is 1.84. The molecule has 1 aliphatic heterocycles. The number of furan rings is 1. The summed E-state index contributed by atoms with van der Waals surface area (Å²) < 4.78 is 5.65. The Bertz CT molecular complexity index is 793. The van der Waals surface area contributed by atoms with Gasteiger partial charge >= 0.3 is 5.91 Å². The molecule has 98 valence electrons. The lowest BCUT2D eigenvalue weighted by Gasteiger charge is -2.28. The molecule has 3 aromatic rings. The summed E-state index contributed by atoms with van der Waals surface area (Å²) in [5.41, 5.74) is 5.50. The van der Waals surface area contributed by atoms with E-state index in [1.165, 1.54) is 0 Å². The second-order valence-corrected chi connectivity index (χ2v) is 4.77. The maximum atomic E-state index is 12.2. The first kappa shape index (κ1) is 11.1. The van der Waals surface area contributed by atoms with Crippen LogP contribution in [0.5, 0.6) is 0 Å². The topological polar surface area (TPSA) is 45.5 Å². The van der Waals surface area contributed by atoms with Gasteiger partial charge in [0, 0.05) is 10.9 Å². The number of nitrogens with one attached hydrogen (secondary N) is 1. The van der Waals surface area contributed by atoms with Crippen LogP contribution in [0, 0.1) is 0 Å². The number of hydrogen-bond acceptors (Lipinski definition) is 3. The van der Waals surface area contributed by atoms with Gasteiger partial charge in [-0.15, -0.1) is 0 Å². The zero-order chi connectivity index (χ0) is 13.5. The van der Waals surface area contributed by atoms with Gasteiger partial charge in [-0.3, -0.25) is 15.2 Å². The third-order valence-electron chi connectivity index (χ3n) is 3.53. The standard InChI is InChI=1S/C16H12N2O2/c19-16-15-13(12-8-4-5-9-14(12)20-15)10-18(17-16)11-6-2-1-3-7-11/h1-9H,10H2,(H,17,19). The molecule has 1 amide bonds. The summed E-state index contributed by atoms with van der Waals surface area (Å²) in [6, 6.07) is 17.5. The van der Waals surface area contributed by atoms with Gasteiger partial charge in [0.15, 0.2) is 5.76 Å². The van der Waals surface area contributed by atoms with Crippen molar-refractivity contribution in [2.45, 2.75) is 6.54 Å². The molecule has 0 radical (unpaired) electrons. The van der Waals surface area contributed by atoms with Crippen molar-refractivity contribution in [2.75, 3.05) is 5.01 Å². The molecular weight excluding hydrogens is 252 g/mol. The number of carbonyl (C=O) groups is 1. The molecule has 4 nitrogen and oxygen atoms in total. The number of nitrogens with zero attached hydrogens (tertiary/aromatic N) is 1. The van der Waals surface area contributed by atoms with Crippen LogP contribution in [-0.2, 0) is 6.54 Å². The minimum absolute atomic E-state index is 0.202. The summed E-state index contributed by atoms with van der Waals surface area (Å²) >= 11 is 0. The van der Waals surface area contributed by atoms with E-state index in [-0.39, 0.29) is 5.91 Å². The van der Waals surface area contributed by atoms with Crippen molar-refractivity contribution in [1.82, 2.24) is 5.43 Å². The molecule has 0 saturated carbocycles. The van der Waals surface area contributed by atoms with E-state index in [1.54, 1.807) is 0 Å². The van der Waals surface area contributed by atoms with Gasteiger partial charge < -0.3 is 4.42 Å². The summed E-state index contributed by atoms with van der Waals surface area (Å²) in [6.07, 6.45) is 0. The second kappa shape index (κ2) is 4.13. The highest BCUT2D eigenvalue weighted by atomic mass is 16.3. The Kier molecular flexibility index (Phi) is 2.29. The normalized spacial score (nSPS) is 14.2. The number of rotatable bonds is 1. The van der Waals surface area contributed by atoms with E-state index >= 15 is 0 Å². The van der Waals surface area contributed by atoms with Crippen molar-refractivity contribution in [3.8, 4) is 0 Å². The van der Waals surface area contributed by atoms with E-state index in [2.05, 4.69) is 5.43 Å². The van der Waals surface area contributed by atoms with E-state index in [4.69, 9.17) is 4.42 Å². The Morgan fingerprint density at radius 3 is 2.60 bits per heavy atom. The first-order valence-corrected chi connectivity index (χ1v) is 6.47. The molecule has 0 spiro atoms. The van der Waals surface area contributed by atoms with Crippen LogP contribution in [0.3, 0.4) is 0 Å². The third kappa shape index (κ3) is 1.58. The summed E-state index contributed by atoms with van der Waals surface area (Å²) in [4.78, 5) is 12.2. The fraction of sp³-hybridized carbons (Fsp3) is 0.0625.